The van der Waals surface area contributed by atoms with Crippen LogP contribution in [0.1, 0.15) is 35.2 Å². The summed E-state index contributed by atoms with van der Waals surface area (Å²) in [5.41, 5.74) is -0.692. The van der Waals surface area contributed by atoms with Gasteiger partial charge in [-0.2, -0.15) is 18.3 Å². The van der Waals surface area contributed by atoms with Crippen molar-refractivity contribution in [3.05, 3.63) is 53.6 Å². The molecule has 222 valence electrons. The third kappa shape index (κ3) is 6.66. The van der Waals surface area contributed by atoms with Crippen LogP contribution in [-0.2, 0) is 6.18 Å². The third-order valence-electron chi connectivity index (χ3n) is 6.81. The summed E-state index contributed by atoms with van der Waals surface area (Å²) < 4.78 is 52.9. The number of aliphatic hydroxyl groups is 1. The lowest BCUT2D eigenvalue weighted by Gasteiger charge is -2.22. The maximum Gasteiger partial charge on any atom is 0.416 e. The number of hydrogen-bond donors (Lipinski definition) is 5. The Balaban J connectivity index is 1.24. The molecule has 1 aliphatic rings. The van der Waals surface area contributed by atoms with E-state index in [1.807, 2.05) is 0 Å². The number of alkyl halides is 3. The monoisotopic (exact) mass is 606 g/mol. The summed E-state index contributed by atoms with van der Waals surface area (Å²) in [6.07, 6.45) is 0.920. The van der Waals surface area contributed by atoms with E-state index in [4.69, 9.17) is 0 Å². The minimum absolute atomic E-state index is 0.0653. The quantitative estimate of drug-likeness (QED) is 0.140. The Hall–Kier alpha value is -4.15. The number of halogens is 4. The van der Waals surface area contributed by atoms with Crippen LogP contribution in [-0.4, -0.2) is 74.4 Å². The van der Waals surface area contributed by atoms with E-state index in [1.165, 1.54) is 12.4 Å². The van der Waals surface area contributed by atoms with Gasteiger partial charge >= 0.3 is 12.2 Å². The van der Waals surface area contributed by atoms with E-state index in [2.05, 4.69) is 41.0 Å². The van der Waals surface area contributed by atoms with Crippen LogP contribution in [0.3, 0.4) is 0 Å². The van der Waals surface area contributed by atoms with Crippen LogP contribution in [0.5, 0.6) is 0 Å². The highest BCUT2D eigenvalue weighted by Gasteiger charge is 2.31. The van der Waals surface area contributed by atoms with Crippen LogP contribution < -0.4 is 16.0 Å². The Kier molecular flexibility index (Phi) is 8.65. The number of pyridine rings is 1. The molecule has 4 aromatic rings. The van der Waals surface area contributed by atoms with Crippen molar-refractivity contribution < 1.29 is 32.3 Å². The molecule has 1 aliphatic heterocycles. The second kappa shape index (κ2) is 12.4. The zero-order chi connectivity index (χ0) is 29.9. The molecule has 0 saturated carbocycles. The van der Waals surface area contributed by atoms with Crippen molar-refractivity contribution in [2.24, 2.45) is 0 Å². The maximum absolute atomic E-state index is 14.0. The Morgan fingerprint density at radius 1 is 1.19 bits per heavy atom. The summed E-state index contributed by atoms with van der Waals surface area (Å²) in [7, 11) is 0. The Labute approximate surface area is 240 Å². The van der Waals surface area contributed by atoms with E-state index in [-0.39, 0.29) is 23.7 Å². The lowest BCUT2D eigenvalue weighted by molar-refractivity contribution is -0.137. The number of nitrogens with one attached hydrogen (secondary N) is 4. The number of thiazole rings is 1. The van der Waals surface area contributed by atoms with Crippen LogP contribution in [0.4, 0.5) is 33.2 Å². The van der Waals surface area contributed by atoms with Gasteiger partial charge in [0.15, 0.2) is 10.8 Å². The average molecular weight is 607 g/mol. The average Bonchev–Trinajstić information content (AvgIpc) is 3.72. The van der Waals surface area contributed by atoms with E-state index in [0.29, 0.717) is 58.3 Å². The topological polar surface area (TPSA) is 148 Å². The van der Waals surface area contributed by atoms with Crippen molar-refractivity contribution in [3.8, 4) is 10.6 Å². The van der Waals surface area contributed by atoms with Crippen LogP contribution in [0, 0.1) is 5.82 Å². The summed E-state index contributed by atoms with van der Waals surface area (Å²) in [6, 6.07) is 2.43. The molecule has 0 spiro atoms. The van der Waals surface area contributed by atoms with Crippen molar-refractivity contribution in [2.45, 2.75) is 31.5 Å². The molecule has 1 aromatic carbocycles. The van der Waals surface area contributed by atoms with E-state index in [9.17, 15) is 32.3 Å². The van der Waals surface area contributed by atoms with Gasteiger partial charge < -0.3 is 15.7 Å². The first kappa shape index (κ1) is 29.3. The van der Waals surface area contributed by atoms with Crippen LogP contribution in [0.25, 0.3) is 21.6 Å². The molecule has 5 rings (SSSR count). The minimum Gasteiger partial charge on any atom is -0.395 e. The number of rotatable bonds is 9. The fraction of sp³-hybridized carbons (Fsp3) is 0.346. The molecule has 3 amide bonds. The molecule has 4 heterocycles. The summed E-state index contributed by atoms with van der Waals surface area (Å²) in [4.78, 5) is 36.7. The Bertz CT molecular complexity index is 1590. The van der Waals surface area contributed by atoms with Gasteiger partial charge in [-0.3, -0.25) is 20.1 Å². The number of H-pyrrole nitrogens is 1. The van der Waals surface area contributed by atoms with Crippen molar-refractivity contribution in [1.29, 1.82) is 0 Å². The zero-order valence-corrected chi connectivity index (χ0v) is 22.8. The van der Waals surface area contributed by atoms with Gasteiger partial charge in [0.05, 0.1) is 45.6 Å². The maximum atomic E-state index is 14.0. The number of aromatic nitrogens is 4. The first-order chi connectivity index (χ1) is 20.1. The fourth-order valence-corrected chi connectivity index (χ4v) is 5.49. The molecule has 16 heteroatoms. The molecular formula is C26H26F4N8O3S. The molecular weight excluding hydrogens is 580 g/mol. The highest BCUT2D eigenvalue weighted by molar-refractivity contribution is 7.19. The van der Waals surface area contributed by atoms with Gasteiger partial charge in [0, 0.05) is 25.3 Å². The SMILES string of the molecule is O=C(Nc1ncc(-c2cc(C(=O)NCCCN3CCCC3CO)c3cn[nH]c3n2)s1)Nc1cc(C(F)(F)F)ccc1F. The minimum atomic E-state index is -4.71. The molecule has 3 aromatic heterocycles. The highest BCUT2D eigenvalue weighted by Crippen LogP contribution is 2.33. The second-order valence-corrected chi connectivity index (χ2v) is 10.6. The predicted molar refractivity (Wildman–Crippen MR) is 148 cm³/mol. The first-order valence-electron chi connectivity index (χ1n) is 13.0. The molecule has 0 radical (unpaired) electrons. The summed E-state index contributed by atoms with van der Waals surface area (Å²) in [6.45, 7) is 2.25. The molecule has 1 saturated heterocycles. The van der Waals surface area contributed by atoms with Gasteiger partial charge in [-0.25, -0.2) is 19.2 Å². The predicted octanol–water partition coefficient (Wildman–Crippen LogP) is 4.46. The number of aliphatic hydroxyl groups excluding tert-OH is 1. The zero-order valence-electron chi connectivity index (χ0n) is 22.0. The number of carbonyl (C=O) groups excluding carboxylic acids is 2. The Morgan fingerprint density at radius 2 is 2.02 bits per heavy atom. The summed E-state index contributed by atoms with van der Waals surface area (Å²) in [5, 5.41) is 24.1. The number of anilines is 2. The van der Waals surface area contributed by atoms with Gasteiger partial charge in [0.25, 0.3) is 5.91 Å². The molecule has 42 heavy (non-hydrogen) atoms. The molecule has 1 atom stereocenters. The lowest BCUT2D eigenvalue weighted by Crippen LogP contribution is -2.35. The van der Waals surface area contributed by atoms with Gasteiger partial charge in [0.1, 0.15) is 5.82 Å². The number of aromatic amines is 1. The van der Waals surface area contributed by atoms with E-state index in [0.717, 1.165) is 37.3 Å². The number of benzene rings is 1. The summed E-state index contributed by atoms with van der Waals surface area (Å²) in [5.74, 6) is -1.36. The van der Waals surface area contributed by atoms with Crippen molar-refractivity contribution in [2.75, 3.05) is 36.9 Å². The van der Waals surface area contributed by atoms with Crippen LogP contribution >= 0.6 is 11.3 Å². The van der Waals surface area contributed by atoms with Crippen LogP contribution in [0.15, 0.2) is 36.7 Å². The lowest BCUT2D eigenvalue weighted by atomic mass is 10.1. The van der Waals surface area contributed by atoms with E-state index in [1.54, 1.807) is 6.07 Å². The molecule has 0 bridgehead atoms. The first-order valence-corrected chi connectivity index (χ1v) is 13.8. The number of urea groups is 1. The number of amides is 3. The van der Waals surface area contributed by atoms with Gasteiger partial charge in [-0.1, -0.05) is 11.3 Å². The van der Waals surface area contributed by atoms with Crippen molar-refractivity contribution in [1.82, 2.24) is 30.4 Å². The number of likely N-dealkylation sites (tertiary alicyclic amines) is 1. The van der Waals surface area contributed by atoms with E-state index < -0.39 is 29.3 Å². The third-order valence-corrected chi connectivity index (χ3v) is 7.74. The van der Waals surface area contributed by atoms with Gasteiger partial charge in [-0.05, 0) is 50.1 Å². The van der Waals surface area contributed by atoms with Gasteiger partial charge in [-0.15, -0.1) is 0 Å². The van der Waals surface area contributed by atoms with Crippen molar-refractivity contribution >= 4 is 45.1 Å². The largest absolute Gasteiger partial charge is 0.416 e. The molecule has 1 unspecified atom stereocenters. The van der Waals surface area contributed by atoms with Gasteiger partial charge in [0.2, 0.25) is 0 Å². The number of nitrogens with zero attached hydrogens (tertiary/aromatic N) is 4. The fourth-order valence-electron chi connectivity index (χ4n) is 4.72. The number of fused-ring (bicyclic) bond motifs is 1. The number of carbonyl (C=O) groups is 2. The number of hydrogen-bond acceptors (Lipinski definition) is 8. The molecule has 5 N–H and O–H groups in total. The standard InChI is InChI=1S/C26H26F4N8O3S/c27-18-5-4-14(26(28,29)30)9-19(18)35-24(41)36-25-32-12-21(42-25)20-10-16(17-11-33-37-22(17)34-20)23(40)31-6-2-8-38-7-1-3-15(38)13-39/h4-5,9-12,15,39H,1-3,6-8,13H2,(H,31,40)(H,33,34,37)(H2,32,35,36,41). The normalized spacial score (nSPS) is 15.7. The molecule has 11 nitrogen and oxygen atoms in total. The van der Waals surface area contributed by atoms with Crippen LogP contribution in [0.2, 0.25) is 0 Å². The highest BCUT2D eigenvalue weighted by atomic mass is 32.1. The second-order valence-electron chi connectivity index (χ2n) is 9.61. The Morgan fingerprint density at radius 3 is 2.81 bits per heavy atom. The molecule has 0 aliphatic carbocycles. The summed E-state index contributed by atoms with van der Waals surface area (Å²) >= 11 is 0.995. The smallest absolute Gasteiger partial charge is 0.395 e. The van der Waals surface area contributed by atoms with E-state index >= 15 is 0 Å². The molecule has 1 fully saturated rings. The van der Waals surface area contributed by atoms with Crippen molar-refractivity contribution in [3.63, 3.8) is 0 Å².